The van der Waals surface area contributed by atoms with Crippen LogP contribution in [-0.4, -0.2) is 31.6 Å². The summed E-state index contributed by atoms with van der Waals surface area (Å²) in [5.74, 6) is 1.74. The largest absolute Gasteiger partial charge is 0.330 e. The minimum atomic E-state index is 0.404. The molecule has 0 aliphatic heterocycles. The summed E-state index contributed by atoms with van der Waals surface area (Å²) >= 11 is 0. The van der Waals surface area contributed by atoms with Crippen LogP contribution < -0.4 is 5.73 Å². The topological polar surface area (TPSA) is 29.3 Å². The highest BCUT2D eigenvalue weighted by Crippen LogP contribution is 2.32. The van der Waals surface area contributed by atoms with E-state index in [1.54, 1.807) is 0 Å². The van der Waals surface area contributed by atoms with Gasteiger partial charge in [-0.2, -0.15) is 0 Å². The summed E-state index contributed by atoms with van der Waals surface area (Å²) in [6.45, 7) is 10.5. The van der Waals surface area contributed by atoms with Gasteiger partial charge in [0.25, 0.3) is 0 Å². The number of nitrogens with zero attached hydrogens (tertiary/aromatic N) is 1. The molecule has 1 unspecified atom stereocenters. The number of rotatable bonds is 8. The zero-order chi connectivity index (χ0) is 15.0. The Kier molecular flexibility index (Phi) is 8.13. The fourth-order valence-corrected chi connectivity index (χ4v) is 3.72. The summed E-state index contributed by atoms with van der Waals surface area (Å²) < 4.78 is 0. The van der Waals surface area contributed by atoms with Gasteiger partial charge in [0.15, 0.2) is 0 Å². The fourth-order valence-electron chi connectivity index (χ4n) is 3.72. The molecule has 0 bridgehead atoms. The molecule has 0 aromatic heterocycles. The second-order valence-corrected chi connectivity index (χ2v) is 8.05. The summed E-state index contributed by atoms with van der Waals surface area (Å²) in [6.07, 6.45) is 11.1. The van der Waals surface area contributed by atoms with Crippen molar-refractivity contribution in [3.63, 3.8) is 0 Å². The minimum absolute atomic E-state index is 0.404. The van der Waals surface area contributed by atoms with Crippen LogP contribution in [0.15, 0.2) is 0 Å². The third-order valence-corrected chi connectivity index (χ3v) is 5.13. The normalized spacial score (nSPS) is 19.5. The summed E-state index contributed by atoms with van der Waals surface area (Å²) in [5.41, 5.74) is 6.17. The van der Waals surface area contributed by atoms with Crippen LogP contribution >= 0.6 is 0 Å². The standard InChI is InChI=1S/C18H38N2/c1-18(2,3)17(12-13-19)11-8-14-20(4)15-16-9-6-5-7-10-16/h16-17H,5-15,19H2,1-4H3. The molecular formula is C18H38N2. The number of nitrogens with two attached hydrogens (primary N) is 1. The van der Waals surface area contributed by atoms with E-state index in [1.165, 1.54) is 64.5 Å². The van der Waals surface area contributed by atoms with Gasteiger partial charge in [-0.15, -0.1) is 0 Å². The fraction of sp³-hybridized carbons (Fsp3) is 1.00. The lowest BCUT2D eigenvalue weighted by Gasteiger charge is -2.32. The van der Waals surface area contributed by atoms with Crippen molar-refractivity contribution in [3.8, 4) is 0 Å². The number of hydrogen-bond acceptors (Lipinski definition) is 2. The Balaban J connectivity index is 2.20. The Morgan fingerprint density at radius 2 is 1.75 bits per heavy atom. The SMILES string of the molecule is CN(CCCC(CCN)C(C)(C)C)CC1CCCCC1. The van der Waals surface area contributed by atoms with E-state index in [9.17, 15) is 0 Å². The van der Waals surface area contributed by atoms with E-state index in [2.05, 4.69) is 32.7 Å². The molecule has 120 valence electrons. The molecule has 20 heavy (non-hydrogen) atoms. The van der Waals surface area contributed by atoms with Crippen LogP contribution in [0, 0.1) is 17.3 Å². The lowest BCUT2D eigenvalue weighted by molar-refractivity contribution is 0.189. The molecule has 2 nitrogen and oxygen atoms in total. The molecular weight excluding hydrogens is 244 g/mol. The molecule has 0 aromatic carbocycles. The molecule has 0 saturated heterocycles. The van der Waals surface area contributed by atoms with Gasteiger partial charge in [-0.25, -0.2) is 0 Å². The highest BCUT2D eigenvalue weighted by atomic mass is 15.1. The quantitative estimate of drug-likeness (QED) is 0.719. The Labute approximate surface area is 127 Å². The lowest BCUT2D eigenvalue weighted by atomic mass is 9.76. The van der Waals surface area contributed by atoms with Crippen molar-refractivity contribution in [2.75, 3.05) is 26.7 Å². The predicted molar refractivity (Wildman–Crippen MR) is 89.9 cm³/mol. The van der Waals surface area contributed by atoms with Crippen LogP contribution in [0.1, 0.15) is 72.1 Å². The van der Waals surface area contributed by atoms with E-state index in [-0.39, 0.29) is 0 Å². The van der Waals surface area contributed by atoms with Gasteiger partial charge < -0.3 is 10.6 Å². The van der Waals surface area contributed by atoms with E-state index in [4.69, 9.17) is 5.73 Å². The summed E-state index contributed by atoms with van der Waals surface area (Å²) in [7, 11) is 2.31. The van der Waals surface area contributed by atoms with E-state index >= 15 is 0 Å². The third-order valence-electron chi connectivity index (χ3n) is 5.13. The van der Waals surface area contributed by atoms with Crippen molar-refractivity contribution in [2.45, 2.75) is 72.1 Å². The van der Waals surface area contributed by atoms with Gasteiger partial charge in [0, 0.05) is 6.54 Å². The van der Waals surface area contributed by atoms with Gasteiger partial charge in [-0.3, -0.25) is 0 Å². The first-order valence-electron chi connectivity index (χ1n) is 8.82. The first-order chi connectivity index (χ1) is 9.43. The molecule has 1 aliphatic carbocycles. The molecule has 1 atom stereocenters. The van der Waals surface area contributed by atoms with Crippen LogP contribution in [0.3, 0.4) is 0 Å². The summed E-state index contributed by atoms with van der Waals surface area (Å²) in [6, 6.07) is 0. The van der Waals surface area contributed by atoms with Gasteiger partial charge in [-0.1, -0.05) is 40.0 Å². The van der Waals surface area contributed by atoms with Crippen molar-refractivity contribution in [1.82, 2.24) is 4.90 Å². The molecule has 0 radical (unpaired) electrons. The Bertz CT molecular complexity index is 238. The maximum absolute atomic E-state index is 5.77. The van der Waals surface area contributed by atoms with Crippen LogP contribution in [-0.2, 0) is 0 Å². The van der Waals surface area contributed by atoms with Crippen molar-refractivity contribution in [2.24, 2.45) is 23.0 Å². The third kappa shape index (κ3) is 7.08. The van der Waals surface area contributed by atoms with Gasteiger partial charge in [0.2, 0.25) is 0 Å². The average molecular weight is 283 g/mol. The Morgan fingerprint density at radius 1 is 1.10 bits per heavy atom. The highest BCUT2D eigenvalue weighted by Gasteiger charge is 2.23. The van der Waals surface area contributed by atoms with Crippen LogP contribution in [0.5, 0.6) is 0 Å². The van der Waals surface area contributed by atoms with Gasteiger partial charge in [0.1, 0.15) is 0 Å². The summed E-state index contributed by atoms with van der Waals surface area (Å²) in [5, 5.41) is 0. The van der Waals surface area contributed by atoms with E-state index in [0.29, 0.717) is 5.41 Å². The summed E-state index contributed by atoms with van der Waals surface area (Å²) in [4.78, 5) is 2.57. The van der Waals surface area contributed by atoms with E-state index in [1.807, 2.05) is 0 Å². The predicted octanol–water partition coefficient (Wildman–Crippen LogP) is 4.29. The molecule has 2 heteroatoms. The second-order valence-electron chi connectivity index (χ2n) is 8.05. The van der Waals surface area contributed by atoms with Crippen LogP contribution in [0.2, 0.25) is 0 Å². The molecule has 1 rings (SSSR count). The first-order valence-corrected chi connectivity index (χ1v) is 8.82. The maximum atomic E-state index is 5.77. The van der Waals surface area contributed by atoms with Crippen molar-refractivity contribution < 1.29 is 0 Å². The van der Waals surface area contributed by atoms with Gasteiger partial charge >= 0.3 is 0 Å². The van der Waals surface area contributed by atoms with E-state index < -0.39 is 0 Å². The maximum Gasteiger partial charge on any atom is 0.000661 e. The van der Waals surface area contributed by atoms with Crippen molar-refractivity contribution in [1.29, 1.82) is 0 Å². The molecule has 0 amide bonds. The van der Waals surface area contributed by atoms with E-state index in [0.717, 1.165) is 18.4 Å². The molecule has 0 spiro atoms. The average Bonchev–Trinajstić information content (AvgIpc) is 2.37. The monoisotopic (exact) mass is 282 g/mol. The number of hydrogen-bond donors (Lipinski definition) is 1. The Hall–Kier alpha value is -0.0800. The highest BCUT2D eigenvalue weighted by molar-refractivity contribution is 4.75. The molecule has 1 fully saturated rings. The molecule has 0 heterocycles. The first kappa shape index (κ1) is 18.0. The zero-order valence-electron chi connectivity index (χ0n) is 14.5. The van der Waals surface area contributed by atoms with Crippen LogP contribution in [0.4, 0.5) is 0 Å². The van der Waals surface area contributed by atoms with Gasteiger partial charge in [-0.05, 0) is 69.5 Å². The molecule has 0 aromatic rings. The molecule has 1 saturated carbocycles. The van der Waals surface area contributed by atoms with Crippen molar-refractivity contribution in [3.05, 3.63) is 0 Å². The second kappa shape index (κ2) is 9.04. The van der Waals surface area contributed by atoms with Crippen LogP contribution in [0.25, 0.3) is 0 Å². The molecule has 2 N–H and O–H groups in total. The van der Waals surface area contributed by atoms with Gasteiger partial charge in [0.05, 0.1) is 0 Å². The zero-order valence-corrected chi connectivity index (χ0v) is 14.5. The van der Waals surface area contributed by atoms with Crippen molar-refractivity contribution >= 4 is 0 Å². The smallest absolute Gasteiger partial charge is 0.000661 e. The lowest BCUT2D eigenvalue weighted by Crippen LogP contribution is -2.29. The molecule has 1 aliphatic rings. The minimum Gasteiger partial charge on any atom is -0.330 e. The Morgan fingerprint density at radius 3 is 2.30 bits per heavy atom.